The Balaban J connectivity index is 2.67. The van der Waals surface area contributed by atoms with E-state index >= 15 is 0 Å². The van der Waals surface area contributed by atoms with Crippen molar-refractivity contribution < 1.29 is 4.74 Å². The molecule has 0 aliphatic rings. The number of hydrogen-bond acceptors (Lipinski definition) is 1. The molecule has 0 aliphatic carbocycles. The Hall–Kier alpha value is -0.890. The highest BCUT2D eigenvalue weighted by molar-refractivity contribution is 6.43. The van der Waals surface area contributed by atoms with Crippen LogP contribution in [0.3, 0.4) is 0 Å². The molecule has 0 atom stereocenters. The van der Waals surface area contributed by atoms with Gasteiger partial charge < -0.3 is 4.74 Å². The van der Waals surface area contributed by atoms with Gasteiger partial charge in [0.25, 0.3) is 0 Å². The molecule has 0 spiro atoms. The lowest BCUT2D eigenvalue weighted by Gasteiger charge is -2.11. The first-order chi connectivity index (χ1) is 8.13. The summed E-state index contributed by atoms with van der Waals surface area (Å²) in [7, 11) is 1.60. The SMILES string of the molecule is COc1ccc(Cl)cc1-c1cccc(Cl)c1Cl. The second-order valence-corrected chi connectivity index (χ2v) is 4.67. The van der Waals surface area contributed by atoms with Crippen LogP contribution in [0.4, 0.5) is 0 Å². The minimum absolute atomic E-state index is 0.495. The molecule has 88 valence electrons. The van der Waals surface area contributed by atoms with Gasteiger partial charge in [0.1, 0.15) is 5.75 Å². The molecule has 2 aromatic rings. The van der Waals surface area contributed by atoms with Crippen LogP contribution in [-0.2, 0) is 0 Å². The molecular weight excluding hydrogens is 279 g/mol. The molecule has 0 bridgehead atoms. The van der Waals surface area contributed by atoms with Gasteiger partial charge in [-0.2, -0.15) is 0 Å². The highest BCUT2D eigenvalue weighted by Crippen LogP contribution is 2.39. The predicted octanol–water partition coefficient (Wildman–Crippen LogP) is 5.32. The fraction of sp³-hybridized carbons (Fsp3) is 0.0769. The Bertz CT molecular complexity index is 552. The van der Waals surface area contributed by atoms with E-state index in [1.54, 1.807) is 31.4 Å². The molecule has 0 aromatic heterocycles. The third kappa shape index (κ3) is 2.52. The quantitative estimate of drug-likeness (QED) is 0.726. The van der Waals surface area contributed by atoms with Crippen LogP contribution in [0.15, 0.2) is 36.4 Å². The van der Waals surface area contributed by atoms with Crippen LogP contribution in [0.1, 0.15) is 0 Å². The van der Waals surface area contributed by atoms with Crippen molar-refractivity contribution in [3.63, 3.8) is 0 Å². The molecule has 0 radical (unpaired) electrons. The molecule has 1 nitrogen and oxygen atoms in total. The number of hydrogen-bond donors (Lipinski definition) is 0. The van der Waals surface area contributed by atoms with E-state index in [0.717, 1.165) is 11.1 Å². The fourth-order valence-corrected chi connectivity index (χ4v) is 2.18. The summed E-state index contributed by atoms with van der Waals surface area (Å²) in [6.07, 6.45) is 0. The standard InChI is InChI=1S/C13H9Cl3O/c1-17-12-6-5-8(14)7-10(12)9-3-2-4-11(15)13(9)16/h2-7H,1H3. The molecule has 0 saturated heterocycles. The van der Waals surface area contributed by atoms with Crippen LogP contribution >= 0.6 is 34.8 Å². The van der Waals surface area contributed by atoms with Crippen LogP contribution in [-0.4, -0.2) is 7.11 Å². The van der Waals surface area contributed by atoms with Crippen LogP contribution in [0.2, 0.25) is 15.1 Å². The van der Waals surface area contributed by atoms with Gasteiger partial charge in [0.15, 0.2) is 0 Å². The van der Waals surface area contributed by atoms with Crippen LogP contribution in [0.25, 0.3) is 11.1 Å². The Morgan fingerprint density at radius 3 is 2.41 bits per heavy atom. The fourth-order valence-electron chi connectivity index (χ4n) is 1.60. The van der Waals surface area contributed by atoms with Gasteiger partial charge in [-0.1, -0.05) is 46.9 Å². The minimum atomic E-state index is 0.495. The molecule has 2 aromatic carbocycles. The molecule has 0 amide bonds. The Kier molecular flexibility index (Phi) is 3.82. The van der Waals surface area contributed by atoms with E-state index < -0.39 is 0 Å². The zero-order valence-corrected chi connectivity index (χ0v) is 11.3. The number of rotatable bonds is 2. The molecule has 0 aliphatic heterocycles. The van der Waals surface area contributed by atoms with Crippen molar-refractivity contribution in [1.29, 1.82) is 0 Å². The smallest absolute Gasteiger partial charge is 0.126 e. The summed E-state index contributed by atoms with van der Waals surface area (Å²) in [4.78, 5) is 0. The first-order valence-corrected chi connectivity index (χ1v) is 6.05. The molecule has 0 N–H and O–H groups in total. The van der Waals surface area contributed by atoms with Crippen LogP contribution in [0.5, 0.6) is 5.75 Å². The summed E-state index contributed by atoms with van der Waals surface area (Å²) in [6, 6.07) is 10.8. The first-order valence-electron chi connectivity index (χ1n) is 4.91. The second kappa shape index (κ2) is 5.18. The maximum atomic E-state index is 6.18. The third-order valence-electron chi connectivity index (χ3n) is 2.40. The maximum absolute atomic E-state index is 6.18. The normalized spacial score (nSPS) is 10.4. The minimum Gasteiger partial charge on any atom is -0.496 e. The topological polar surface area (TPSA) is 9.23 Å². The molecule has 0 saturated carbocycles. The summed E-state index contributed by atoms with van der Waals surface area (Å²) in [5.74, 6) is 0.707. The highest BCUT2D eigenvalue weighted by atomic mass is 35.5. The average molecular weight is 288 g/mol. The largest absolute Gasteiger partial charge is 0.496 e. The lowest BCUT2D eigenvalue weighted by atomic mass is 10.0. The lowest BCUT2D eigenvalue weighted by Crippen LogP contribution is -1.88. The highest BCUT2D eigenvalue weighted by Gasteiger charge is 2.11. The van der Waals surface area contributed by atoms with Crippen molar-refractivity contribution in [2.24, 2.45) is 0 Å². The third-order valence-corrected chi connectivity index (χ3v) is 3.46. The maximum Gasteiger partial charge on any atom is 0.126 e. The Labute approximate surface area is 115 Å². The van der Waals surface area contributed by atoms with Crippen molar-refractivity contribution in [2.75, 3.05) is 7.11 Å². The van der Waals surface area contributed by atoms with E-state index in [2.05, 4.69) is 0 Å². The first kappa shape index (κ1) is 12.6. The summed E-state index contributed by atoms with van der Waals surface area (Å²) in [5, 5.41) is 1.62. The monoisotopic (exact) mass is 286 g/mol. The van der Waals surface area contributed by atoms with Gasteiger partial charge in [0.2, 0.25) is 0 Å². The number of halogens is 3. The van der Waals surface area contributed by atoms with E-state index in [0.29, 0.717) is 20.8 Å². The molecular formula is C13H9Cl3O. The Morgan fingerprint density at radius 2 is 1.71 bits per heavy atom. The van der Waals surface area contributed by atoms with E-state index in [1.807, 2.05) is 12.1 Å². The molecule has 4 heteroatoms. The summed E-state index contributed by atoms with van der Waals surface area (Å²) >= 11 is 18.2. The van der Waals surface area contributed by atoms with Crippen LogP contribution < -0.4 is 4.74 Å². The average Bonchev–Trinajstić information content (AvgIpc) is 2.33. The number of methoxy groups -OCH3 is 1. The molecule has 0 unspecified atom stereocenters. The molecule has 17 heavy (non-hydrogen) atoms. The van der Waals surface area contributed by atoms with E-state index in [1.165, 1.54) is 0 Å². The van der Waals surface area contributed by atoms with Gasteiger partial charge in [-0.15, -0.1) is 0 Å². The Morgan fingerprint density at radius 1 is 0.941 bits per heavy atom. The van der Waals surface area contributed by atoms with E-state index in [4.69, 9.17) is 39.5 Å². The molecule has 0 heterocycles. The summed E-state index contributed by atoms with van der Waals surface area (Å²) in [5.41, 5.74) is 1.63. The van der Waals surface area contributed by atoms with E-state index in [9.17, 15) is 0 Å². The zero-order chi connectivity index (χ0) is 12.4. The van der Waals surface area contributed by atoms with E-state index in [-0.39, 0.29) is 0 Å². The number of ether oxygens (including phenoxy) is 1. The zero-order valence-electron chi connectivity index (χ0n) is 9.01. The lowest BCUT2D eigenvalue weighted by molar-refractivity contribution is 0.416. The summed E-state index contributed by atoms with van der Waals surface area (Å²) < 4.78 is 5.29. The molecule has 0 fully saturated rings. The van der Waals surface area contributed by atoms with Crippen molar-refractivity contribution in [2.45, 2.75) is 0 Å². The van der Waals surface area contributed by atoms with Gasteiger partial charge in [-0.25, -0.2) is 0 Å². The van der Waals surface area contributed by atoms with Gasteiger partial charge in [0.05, 0.1) is 17.2 Å². The van der Waals surface area contributed by atoms with Gasteiger partial charge in [0, 0.05) is 16.1 Å². The van der Waals surface area contributed by atoms with Crippen LogP contribution in [0, 0.1) is 0 Å². The van der Waals surface area contributed by atoms with Gasteiger partial charge in [-0.05, 0) is 24.3 Å². The van der Waals surface area contributed by atoms with Gasteiger partial charge >= 0.3 is 0 Å². The summed E-state index contributed by atoms with van der Waals surface area (Å²) in [6.45, 7) is 0. The van der Waals surface area contributed by atoms with Crippen molar-refractivity contribution in [1.82, 2.24) is 0 Å². The van der Waals surface area contributed by atoms with Crippen molar-refractivity contribution in [3.8, 4) is 16.9 Å². The molecule has 2 rings (SSSR count). The van der Waals surface area contributed by atoms with Crippen molar-refractivity contribution in [3.05, 3.63) is 51.5 Å². The van der Waals surface area contributed by atoms with Gasteiger partial charge in [-0.3, -0.25) is 0 Å². The second-order valence-electron chi connectivity index (χ2n) is 3.45. The number of benzene rings is 2. The van der Waals surface area contributed by atoms with Crippen molar-refractivity contribution >= 4 is 34.8 Å². The predicted molar refractivity (Wildman–Crippen MR) is 73.5 cm³/mol.